The van der Waals surface area contributed by atoms with Gasteiger partial charge in [0.25, 0.3) is 0 Å². The first kappa shape index (κ1) is 33.3. The third kappa shape index (κ3) is 12.0. The van der Waals surface area contributed by atoms with E-state index in [1.165, 1.54) is 0 Å². The van der Waals surface area contributed by atoms with Gasteiger partial charge in [0.1, 0.15) is 11.9 Å². The van der Waals surface area contributed by atoms with Crippen LogP contribution in [0.1, 0.15) is 66.4 Å². The molecule has 9 heteroatoms. The van der Waals surface area contributed by atoms with Crippen LogP contribution in [0.15, 0.2) is 40.0 Å². The van der Waals surface area contributed by atoms with Crippen LogP contribution >= 0.6 is 11.3 Å². The third-order valence-corrected chi connectivity index (χ3v) is 7.62. The first-order chi connectivity index (χ1) is 18.8. The second-order valence-corrected chi connectivity index (χ2v) is 10.8. The zero-order chi connectivity index (χ0) is 28.6. The molecule has 0 saturated carbocycles. The standard InChI is InChI=1S/C30H51N4O4S/c1-9-24(6)37-21-27(35-11-3)15-16-34(20-28(36-12-4)22-38-25(7)10-2)26-13-14-29(23(5)19-26)31-32-30-33(8)17-18-39-30/h13-14,17-19,24-25,27-28H,9-12,15-16,20-22H2,1-8H3/q+1. The van der Waals surface area contributed by atoms with Crippen molar-refractivity contribution in [3.8, 4) is 0 Å². The van der Waals surface area contributed by atoms with Gasteiger partial charge >= 0.3 is 5.13 Å². The molecular weight excluding hydrogens is 512 g/mol. The molecular formula is C30H51N4O4S+. The molecule has 0 fully saturated rings. The van der Waals surface area contributed by atoms with E-state index in [1.54, 1.807) is 11.3 Å². The average Bonchev–Trinajstić information content (AvgIpc) is 3.35. The molecule has 0 spiro atoms. The summed E-state index contributed by atoms with van der Waals surface area (Å²) in [4.78, 5) is 2.38. The highest BCUT2D eigenvalue weighted by Crippen LogP contribution is 2.28. The van der Waals surface area contributed by atoms with Crippen LogP contribution in [0.3, 0.4) is 0 Å². The quantitative estimate of drug-likeness (QED) is 0.129. The van der Waals surface area contributed by atoms with Crippen LogP contribution in [-0.4, -0.2) is 63.9 Å². The van der Waals surface area contributed by atoms with E-state index in [9.17, 15) is 0 Å². The van der Waals surface area contributed by atoms with Crippen molar-refractivity contribution in [2.45, 2.75) is 92.1 Å². The Balaban J connectivity index is 2.23. The largest absolute Gasteiger partial charge is 0.408 e. The number of benzene rings is 1. The molecule has 2 rings (SSSR count). The number of nitrogens with zero attached hydrogens (tertiary/aromatic N) is 4. The Morgan fingerprint density at radius 2 is 1.54 bits per heavy atom. The molecule has 1 aromatic carbocycles. The average molecular weight is 564 g/mol. The summed E-state index contributed by atoms with van der Waals surface area (Å²) in [5.74, 6) is 0. The van der Waals surface area contributed by atoms with Crippen LogP contribution in [0.5, 0.6) is 0 Å². The minimum absolute atomic E-state index is 0.0362. The van der Waals surface area contributed by atoms with Crippen molar-refractivity contribution in [1.82, 2.24) is 0 Å². The monoisotopic (exact) mass is 563 g/mol. The molecule has 8 nitrogen and oxygen atoms in total. The summed E-state index contributed by atoms with van der Waals surface area (Å²) in [7, 11) is 1.97. The SMILES string of the molecule is CCOC(CCN(CC(COC(C)CC)OCC)c1ccc(N=Nc2scc[n+]2C)c(C)c1)COC(C)CC. The number of anilines is 1. The fraction of sp³-hybridized carbons (Fsp3) is 0.700. The molecule has 1 aromatic heterocycles. The number of ether oxygens (including phenoxy) is 4. The first-order valence-corrected chi connectivity index (χ1v) is 15.4. The van der Waals surface area contributed by atoms with Crippen LogP contribution in [-0.2, 0) is 26.0 Å². The Bertz CT molecular complexity index is 970. The van der Waals surface area contributed by atoms with Gasteiger partial charge in [0, 0.05) is 37.4 Å². The Hall–Kier alpha value is -1.91. The second kappa shape index (κ2) is 18.4. The van der Waals surface area contributed by atoms with Crippen LogP contribution in [0.25, 0.3) is 0 Å². The molecule has 4 atom stereocenters. The van der Waals surface area contributed by atoms with E-state index in [4.69, 9.17) is 18.9 Å². The molecule has 0 N–H and O–H groups in total. The highest BCUT2D eigenvalue weighted by Gasteiger charge is 2.20. The van der Waals surface area contributed by atoms with E-state index >= 15 is 0 Å². The van der Waals surface area contributed by atoms with E-state index in [-0.39, 0.29) is 24.4 Å². The van der Waals surface area contributed by atoms with Gasteiger partial charge in [0.15, 0.2) is 0 Å². The van der Waals surface area contributed by atoms with E-state index in [2.05, 4.69) is 61.9 Å². The fourth-order valence-corrected chi connectivity index (χ4v) is 4.64. The molecule has 0 saturated heterocycles. The smallest absolute Gasteiger partial charge is 0.376 e. The van der Waals surface area contributed by atoms with Crippen molar-refractivity contribution in [3.05, 3.63) is 35.3 Å². The minimum Gasteiger partial charge on any atom is -0.376 e. The first-order valence-electron chi connectivity index (χ1n) is 14.5. The lowest BCUT2D eigenvalue weighted by molar-refractivity contribution is -0.654. The number of azo groups is 1. The number of hydrogen-bond acceptors (Lipinski definition) is 8. The van der Waals surface area contributed by atoms with Gasteiger partial charge < -0.3 is 23.8 Å². The summed E-state index contributed by atoms with van der Waals surface area (Å²) in [5.41, 5.74) is 3.06. The summed E-state index contributed by atoms with van der Waals surface area (Å²) < 4.78 is 26.3. The molecule has 0 radical (unpaired) electrons. The second-order valence-electron chi connectivity index (χ2n) is 9.96. The van der Waals surface area contributed by atoms with Crippen molar-refractivity contribution < 1.29 is 23.5 Å². The lowest BCUT2D eigenvalue weighted by Gasteiger charge is -2.31. The number of thiazole rings is 1. The van der Waals surface area contributed by atoms with E-state index < -0.39 is 0 Å². The molecule has 39 heavy (non-hydrogen) atoms. The van der Waals surface area contributed by atoms with Crippen LogP contribution < -0.4 is 9.47 Å². The molecule has 0 aliphatic carbocycles. The van der Waals surface area contributed by atoms with Gasteiger partial charge in [-0.3, -0.25) is 0 Å². The lowest BCUT2D eigenvalue weighted by Crippen LogP contribution is -2.39. The molecule has 0 aliphatic rings. The summed E-state index contributed by atoms with van der Waals surface area (Å²) in [6.45, 7) is 18.7. The van der Waals surface area contributed by atoms with Gasteiger partial charge in [-0.2, -0.15) is 0 Å². The Labute approximate surface area is 240 Å². The van der Waals surface area contributed by atoms with E-state index in [0.29, 0.717) is 26.4 Å². The highest BCUT2D eigenvalue weighted by molar-refractivity contribution is 7.12. The Kier molecular flexibility index (Phi) is 15.7. The molecule has 4 unspecified atom stereocenters. The number of aryl methyl sites for hydroxylation is 2. The van der Waals surface area contributed by atoms with Gasteiger partial charge in [0.2, 0.25) is 0 Å². The molecule has 220 valence electrons. The van der Waals surface area contributed by atoms with Crippen molar-refractivity contribution >= 4 is 27.8 Å². The minimum atomic E-state index is -0.0376. The fourth-order valence-electron chi connectivity index (χ4n) is 3.96. The topological polar surface area (TPSA) is 68.8 Å². The van der Waals surface area contributed by atoms with Crippen molar-refractivity contribution in [2.75, 3.05) is 44.4 Å². The van der Waals surface area contributed by atoms with Crippen LogP contribution in [0.4, 0.5) is 16.5 Å². The molecule has 1 heterocycles. The molecule has 2 aromatic rings. The summed E-state index contributed by atoms with van der Waals surface area (Å²) in [6, 6.07) is 6.36. The number of rotatable bonds is 20. The van der Waals surface area contributed by atoms with Gasteiger partial charge in [0.05, 0.1) is 49.8 Å². The highest BCUT2D eigenvalue weighted by atomic mass is 32.1. The van der Waals surface area contributed by atoms with Crippen LogP contribution in [0.2, 0.25) is 0 Å². The molecule has 0 bridgehead atoms. The van der Waals surface area contributed by atoms with Crippen molar-refractivity contribution in [2.24, 2.45) is 17.3 Å². The van der Waals surface area contributed by atoms with Gasteiger partial charge in [-0.1, -0.05) is 13.8 Å². The number of aromatic nitrogens is 1. The van der Waals surface area contributed by atoms with Crippen LogP contribution in [0, 0.1) is 6.92 Å². The van der Waals surface area contributed by atoms with Gasteiger partial charge in [-0.25, -0.2) is 4.57 Å². The summed E-state index contributed by atoms with van der Waals surface area (Å²) >= 11 is 1.57. The summed E-state index contributed by atoms with van der Waals surface area (Å²) in [5, 5.41) is 11.8. The predicted octanol–water partition coefficient (Wildman–Crippen LogP) is 6.93. The lowest BCUT2D eigenvalue weighted by atomic mass is 10.1. The predicted molar refractivity (Wildman–Crippen MR) is 160 cm³/mol. The zero-order valence-corrected chi connectivity index (χ0v) is 26.2. The van der Waals surface area contributed by atoms with Crippen molar-refractivity contribution in [3.63, 3.8) is 0 Å². The molecule has 0 aliphatic heterocycles. The van der Waals surface area contributed by atoms with E-state index in [1.807, 2.05) is 43.1 Å². The third-order valence-electron chi connectivity index (χ3n) is 6.78. The molecule has 0 amide bonds. The van der Waals surface area contributed by atoms with Gasteiger partial charge in [-0.15, -0.1) is 0 Å². The normalized spacial score (nSPS) is 15.0. The zero-order valence-electron chi connectivity index (χ0n) is 25.4. The van der Waals surface area contributed by atoms with Crippen molar-refractivity contribution in [1.29, 1.82) is 0 Å². The maximum Gasteiger partial charge on any atom is 0.408 e. The maximum atomic E-state index is 6.12. The maximum absolute atomic E-state index is 6.12. The number of hydrogen-bond donors (Lipinski definition) is 0. The Morgan fingerprint density at radius 3 is 2.10 bits per heavy atom. The Morgan fingerprint density at radius 1 is 0.897 bits per heavy atom. The van der Waals surface area contributed by atoms with E-state index in [0.717, 1.165) is 54.4 Å². The van der Waals surface area contributed by atoms with Gasteiger partial charge in [-0.05, 0) is 94.1 Å². The summed E-state index contributed by atoms with van der Waals surface area (Å²) in [6.07, 6.45) is 5.24.